The minimum absolute atomic E-state index is 0.213. The fraction of sp³-hybridized carbons (Fsp3) is 0.979. The Hall–Kier alpha value is -1.38. The second kappa shape index (κ2) is 48.9. The van der Waals surface area contributed by atoms with Crippen molar-refractivity contribution in [3.8, 4) is 0 Å². The first-order valence-electron chi connectivity index (χ1n) is 44.8. The molecule has 640 valence electrons. The molecule has 10 heterocycles. The van der Waals surface area contributed by atoms with Crippen molar-refractivity contribution < 1.29 is 9.59 Å². The Labute approximate surface area is 672 Å². The van der Waals surface area contributed by atoms with Gasteiger partial charge in [0, 0.05) is 72.8 Å². The molecule has 2 amide bonds. The summed E-state index contributed by atoms with van der Waals surface area (Å²) in [5.41, 5.74) is 7.37. The number of hydrogen-bond acceptors (Lipinski definition) is 10. The monoisotopic (exact) mass is 1510 g/mol. The lowest BCUT2D eigenvalue weighted by atomic mass is 9.72. The highest BCUT2D eigenvalue weighted by molar-refractivity contribution is 5.73. The lowest BCUT2D eigenvalue weighted by Crippen LogP contribution is -2.42. The van der Waals surface area contributed by atoms with Crippen LogP contribution in [0.4, 0.5) is 0 Å². The van der Waals surface area contributed by atoms with Crippen molar-refractivity contribution in [1.82, 2.24) is 50.2 Å². The van der Waals surface area contributed by atoms with Crippen LogP contribution >= 0.6 is 0 Å². The Morgan fingerprint density at radius 2 is 0.551 bits per heavy atom. The molecule has 3 N–H and O–H groups in total. The number of nitrogens with zero attached hydrogens (tertiary/aromatic N) is 7. The predicted octanol–water partition coefficient (Wildman–Crippen LogP) is 22.2. The van der Waals surface area contributed by atoms with Crippen molar-refractivity contribution in [1.29, 1.82) is 0 Å². The zero-order chi connectivity index (χ0) is 82.6. The van der Waals surface area contributed by atoms with Crippen LogP contribution in [-0.2, 0) is 9.59 Å². The van der Waals surface area contributed by atoms with Gasteiger partial charge in [0.25, 0.3) is 0 Å². The summed E-state index contributed by atoms with van der Waals surface area (Å²) in [4.78, 5) is 38.0. The maximum Gasteiger partial charge on any atom is 0.219 e. The maximum atomic E-state index is 11.0. The molecular weight excluding hydrogens is 1310 g/mol. The van der Waals surface area contributed by atoms with E-state index >= 15 is 0 Å². The quantitative estimate of drug-likeness (QED) is 0.248. The van der Waals surface area contributed by atoms with Crippen LogP contribution in [-0.4, -0.2) is 211 Å². The number of rotatable bonds is 2. The molecule has 12 heteroatoms. The molecule has 107 heavy (non-hydrogen) atoms. The van der Waals surface area contributed by atoms with E-state index < -0.39 is 0 Å². The van der Waals surface area contributed by atoms with E-state index in [9.17, 15) is 9.59 Å². The Morgan fingerprint density at radius 1 is 0.271 bits per heavy atom. The Balaban J connectivity index is 0.00000114. The van der Waals surface area contributed by atoms with Gasteiger partial charge in [-0.2, -0.15) is 0 Å². The van der Waals surface area contributed by atoms with Gasteiger partial charge in [0.2, 0.25) is 11.8 Å². The van der Waals surface area contributed by atoms with E-state index in [2.05, 4.69) is 269 Å². The van der Waals surface area contributed by atoms with Crippen molar-refractivity contribution >= 4 is 11.8 Å². The molecule has 12 fully saturated rings. The van der Waals surface area contributed by atoms with Crippen molar-refractivity contribution in [3.63, 3.8) is 0 Å². The fourth-order valence-electron chi connectivity index (χ4n) is 15.8. The second-order valence-electron chi connectivity index (χ2n) is 46.9. The summed E-state index contributed by atoms with van der Waals surface area (Å²) in [5, 5.41) is 10.0. The summed E-state index contributed by atoms with van der Waals surface area (Å²) < 4.78 is 0. The van der Waals surface area contributed by atoms with Gasteiger partial charge >= 0.3 is 0 Å². The van der Waals surface area contributed by atoms with Crippen molar-refractivity contribution in [2.24, 2.45) is 70.4 Å². The van der Waals surface area contributed by atoms with E-state index in [1.54, 1.807) is 13.8 Å². The molecule has 0 unspecified atom stereocenters. The van der Waals surface area contributed by atoms with Gasteiger partial charge in [-0.15, -0.1) is 0 Å². The third-order valence-corrected chi connectivity index (χ3v) is 24.6. The van der Waals surface area contributed by atoms with Gasteiger partial charge in [-0.25, -0.2) is 0 Å². The van der Waals surface area contributed by atoms with Crippen LogP contribution in [0.1, 0.15) is 369 Å². The van der Waals surface area contributed by atoms with Crippen LogP contribution in [0.25, 0.3) is 0 Å². The van der Waals surface area contributed by atoms with E-state index in [0.717, 1.165) is 44.4 Å². The molecule has 12 rings (SSSR count). The number of piperidine rings is 6. The summed E-state index contributed by atoms with van der Waals surface area (Å²) in [6.07, 6.45) is 31.5. The van der Waals surface area contributed by atoms with Crippen molar-refractivity contribution in [2.75, 3.05) is 165 Å². The number of carbonyl (C=O) groups is 2. The molecule has 2 saturated carbocycles. The minimum atomic E-state index is 0.213. The van der Waals surface area contributed by atoms with E-state index in [1.165, 1.54) is 253 Å². The highest BCUT2D eigenvalue weighted by Gasteiger charge is 2.33. The second-order valence-corrected chi connectivity index (χ2v) is 46.9. The summed E-state index contributed by atoms with van der Waals surface area (Å²) in [6, 6.07) is 0. The molecule has 10 saturated heterocycles. The largest absolute Gasteiger partial charge is 0.342 e. The fourth-order valence-corrected chi connectivity index (χ4v) is 15.8. The van der Waals surface area contributed by atoms with Gasteiger partial charge in [-0.3, -0.25) is 9.59 Å². The summed E-state index contributed by atoms with van der Waals surface area (Å²) in [7, 11) is 6.60. The van der Waals surface area contributed by atoms with E-state index in [-0.39, 0.29) is 11.8 Å². The number of carbonyl (C=O) groups excluding carboxylic acids is 2. The molecule has 0 aromatic heterocycles. The average Bonchev–Trinajstić information content (AvgIpc) is 1.82. The molecule has 0 spiro atoms. The first kappa shape index (κ1) is 106. The molecular formula is C95H198N10O2. The van der Waals surface area contributed by atoms with Gasteiger partial charge in [-0.05, 0) is 305 Å². The average molecular weight is 1510 g/mol. The Kier molecular flexibility index (Phi) is 48.2. The summed E-state index contributed by atoms with van der Waals surface area (Å²) in [6.45, 7) is 98.6. The van der Waals surface area contributed by atoms with Crippen LogP contribution in [0.5, 0.6) is 0 Å². The smallest absolute Gasteiger partial charge is 0.219 e. The highest BCUT2D eigenvalue weighted by Crippen LogP contribution is 2.40. The lowest BCUT2D eigenvalue weighted by molar-refractivity contribution is -0.131. The molecule has 12 nitrogen and oxygen atoms in total. The molecule has 0 radical (unpaired) electrons. The van der Waals surface area contributed by atoms with Crippen molar-refractivity contribution in [2.45, 2.75) is 369 Å². The minimum Gasteiger partial charge on any atom is -0.342 e. The Morgan fingerprint density at radius 3 is 0.757 bits per heavy atom. The zero-order valence-corrected chi connectivity index (χ0v) is 79.8. The highest BCUT2D eigenvalue weighted by atomic mass is 16.2. The first-order chi connectivity index (χ1) is 48.6. The van der Waals surface area contributed by atoms with Gasteiger partial charge in [0.1, 0.15) is 0 Å². The topological polar surface area (TPSA) is 92.9 Å². The summed E-state index contributed by atoms with van der Waals surface area (Å²) >= 11 is 0. The van der Waals surface area contributed by atoms with Crippen LogP contribution in [0.15, 0.2) is 0 Å². The van der Waals surface area contributed by atoms with Gasteiger partial charge in [0.15, 0.2) is 0 Å². The van der Waals surface area contributed by atoms with E-state index in [1.807, 2.05) is 9.80 Å². The standard InChI is InChI=1S/C9H17NO.C9H19N.C8H15NO.3C8H17N.3C7H15N.C7H14.C6H13N.C6H12.C5H12/c1-8(11)10-6-4-5-9(2,3)7-10;1-4-10-7-5-9(2,3)6-8-10;1-7(10)9-5-4-8(2,3)6-9;1-8(2)4-6-9(3)7-5-8;1-8(2)5-4-6-9(3)7-8;1-4-9-6-5-8(2,3)7-9;1-7(2)4-5-8(3)6-7;1-7(2)3-5-8-6-4-7;1-7(2)4-3-5-8-6-7;1-7(2)5-3-4-6-7;1-6(2)3-4-7-5-6;1-6(2)4-3-5-6;1-5(2,3)4/h4-7H2,1-3H3;4-8H2,1-3H3;4-6H2,1-3H3;3*4-7H2,1-3H3;4-6H2,1-3H3;2*8H,3-6H2,1-2H3;3-6H2,1-2H3;7H,3-5H2,1-2H3;3-5H2,1-2H3;1-4H3. The number of hydrogen-bond donors (Lipinski definition) is 3. The van der Waals surface area contributed by atoms with Gasteiger partial charge in [0.05, 0.1) is 0 Å². The van der Waals surface area contributed by atoms with Crippen LogP contribution in [0, 0.1) is 70.4 Å². The molecule has 0 atom stereocenters. The van der Waals surface area contributed by atoms with Crippen LogP contribution < -0.4 is 16.0 Å². The summed E-state index contributed by atoms with van der Waals surface area (Å²) in [5.74, 6) is 0.434. The van der Waals surface area contributed by atoms with Gasteiger partial charge in [-0.1, -0.05) is 227 Å². The zero-order valence-electron chi connectivity index (χ0n) is 79.8. The molecule has 2 aliphatic carbocycles. The third-order valence-electron chi connectivity index (χ3n) is 24.6. The number of amides is 2. The van der Waals surface area contributed by atoms with E-state index in [0.29, 0.717) is 65.0 Å². The molecule has 0 aromatic rings. The molecule has 10 aliphatic heterocycles. The van der Waals surface area contributed by atoms with Crippen LogP contribution in [0.2, 0.25) is 0 Å². The molecule has 0 aromatic carbocycles. The van der Waals surface area contributed by atoms with Gasteiger partial charge < -0.3 is 50.2 Å². The Bertz CT molecular complexity index is 2200. The number of nitrogens with one attached hydrogen (secondary N) is 3. The predicted molar refractivity (Wildman–Crippen MR) is 477 cm³/mol. The lowest BCUT2D eigenvalue weighted by Gasteiger charge is -2.37. The van der Waals surface area contributed by atoms with Crippen LogP contribution in [0.3, 0.4) is 0 Å². The number of likely N-dealkylation sites (tertiary alicyclic amines) is 7. The molecule has 12 aliphatic rings. The van der Waals surface area contributed by atoms with Crippen molar-refractivity contribution in [3.05, 3.63) is 0 Å². The van der Waals surface area contributed by atoms with E-state index in [4.69, 9.17) is 0 Å². The molecule has 0 bridgehead atoms. The SMILES string of the molecule is CC(=O)N1CCC(C)(C)C1.CC(=O)N1CCCC(C)(C)C1.CC(C)(C)C.CC1(C)CCC1.CC1(C)CCCC1.CC1(C)CCCNC1.CC1(C)CCNC1.CC1(C)CCNCC1.CCN1CCC(C)(C)C1.CCN1CCC(C)(C)CC1.CN1CCC(C)(C)C1.CN1CCC(C)(C)CC1.CN1CCCC(C)(C)C1. The first-order valence-corrected chi connectivity index (χ1v) is 44.8. The maximum absolute atomic E-state index is 11.0. The normalized spacial score (nSPS) is 26.3. The third kappa shape index (κ3) is 58.2.